The molecule has 4 rings (SSSR count). The maximum atomic E-state index is 13.5. The number of aromatic amines is 1. The summed E-state index contributed by atoms with van der Waals surface area (Å²) in [7, 11) is 0. The SMILES string of the molecule is Cc1cc(-c2[nH]c3ccc(C4(C)CCCCC(CCN)CNC4=O)cc3c2C(C)C)ccn1. The van der Waals surface area contributed by atoms with Crippen LogP contribution in [-0.2, 0) is 10.2 Å². The highest BCUT2D eigenvalue weighted by molar-refractivity contribution is 5.94. The number of nitrogens with one attached hydrogen (secondary N) is 2. The summed E-state index contributed by atoms with van der Waals surface area (Å²) in [5, 5.41) is 4.47. The molecule has 176 valence electrons. The van der Waals surface area contributed by atoms with Crippen molar-refractivity contribution in [1.29, 1.82) is 0 Å². The fraction of sp³-hybridized carbons (Fsp3) is 0.500. The molecule has 1 saturated heterocycles. The second-order valence-corrected chi connectivity index (χ2v) is 10.2. The van der Waals surface area contributed by atoms with Crippen LogP contribution >= 0.6 is 0 Å². The number of benzene rings is 1. The van der Waals surface area contributed by atoms with Crippen LogP contribution in [0, 0.1) is 12.8 Å². The number of aromatic nitrogens is 2. The molecule has 3 heterocycles. The highest BCUT2D eigenvalue weighted by Crippen LogP contribution is 2.39. The largest absolute Gasteiger partial charge is 0.355 e. The number of rotatable bonds is 5. The first-order chi connectivity index (χ1) is 15.8. The number of hydrogen-bond acceptors (Lipinski definition) is 3. The number of carbonyl (C=O) groups excluding carboxylic acids is 1. The van der Waals surface area contributed by atoms with Crippen LogP contribution in [0.2, 0.25) is 0 Å². The van der Waals surface area contributed by atoms with Crippen LogP contribution in [-0.4, -0.2) is 29.0 Å². The van der Waals surface area contributed by atoms with Crippen LogP contribution in [0.15, 0.2) is 36.5 Å². The zero-order chi connectivity index (χ0) is 23.6. The van der Waals surface area contributed by atoms with Gasteiger partial charge in [0.2, 0.25) is 5.91 Å². The first-order valence-electron chi connectivity index (χ1n) is 12.4. The molecule has 0 radical (unpaired) electrons. The fourth-order valence-electron chi connectivity index (χ4n) is 5.40. The highest BCUT2D eigenvalue weighted by atomic mass is 16.2. The molecule has 1 aliphatic rings. The van der Waals surface area contributed by atoms with Gasteiger partial charge in [0.25, 0.3) is 0 Å². The molecule has 33 heavy (non-hydrogen) atoms. The van der Waals surface area contributed by atoms with Crippen molar-refractivity contribution in [3.05, 3.63) is 53.3 Å². The molecule has 1 aliphatic heterocycles. The predicted octanol–water partition coefficient (Wildman–Crippen LogP) is 5.57. The topological polar surface area (TPSA) is 83.8 Å². The Labute approximate surface area is 197 Å². The quantitative estimate of drug-likeness (QED) is 0.479. The van der Waals surface area contributed by atoms with Gasteiger partial charge >= 0.3 is 0 Å². The van der Waals surface area contributed by atoms with Gasteiger partial charge in [0.05, 0.1) is 11.1 Å². The zero-order valence-electron chi connectivity index (χ0n) is 20.5. The summed E-state index contributed by atoms with van der Waals surface area (Å²) in [5.41, 5.74) is 12.1. The van der Waals surface area contributed by atoms with Crippen molar-refractivity contribution in [3.63, 3.8) is 0 Å². The Morgan fingerprint density at radius 3 is 2.76 bits per heavy atom. The van der Waals surface area contributed by atoms with E-state index in [9.17, 15) is 4.79 Å². The Kier molecular flexibility index (Phi) is 6.89. The van der Waals surface area contributed by atoms with E-state index in [-0.39, 0.29) is 5.91 Å². The number of carbonyl (C=O) groups is 1. The Hall–Kier alpha value is -2.66. The summed E-state index contributed by atoms with van der Waals surface area (Å²) in [6.45, 7) is 10.0. The summed E-state index contributed by atoms with van der Waals surface area (Å²) in [6, 6.07) is 10.7. The van der Waals surface area contributed by atoms with Gasteiger partial charge < -0.3 is 16.0 Å². The van der Waals surface area contributed by atoms with E-state index in [1.54, 1.807) is 0 Å². The van der Waals surface area contributed by atoms with E-state index >= 15 is 0 Å². The maximum absolute atomic E-state index is 13.5. The molecule has 1 amide bonds. The molecule has 3 aromatic rings. The first-order valence-corrected chi connectivity index (χ1v) is 12.4. The molecule has 2 unspecified atom stereocenters. The first kappa shape index (κ1) is 23.5. The second-order valence-electron chi connectivity index (χ2n) is 10.2. The molecule has 1 aromatic carbocycles. The number of amides is 1. The van der Waals surface area contributed by atoms with E-state index in [1.807, 2.05) is 13.1 Å². The molecule has 4 N–H and O–H groups in total. The zero-order valence-corrected chi connectivity index (χ0v) is 20.5. The Balaban J connectivity index is 1.76. The second kappa shape index (κ2) is 9.68. The number of H-pyrrole nitrogens is 1. The molecule has 2 aromatic heterocycles. The summed E-state index contributed by atoms with van der Waals surface area (Å²) in [5.74, 6) is 0.960. The number of aryl methyl sites for hydroxylation is 1. The molecule has 2 atom stereocenters. The lowest BCUT2D eigenvalue weighted by Crippen LogP contribution is -2.43. The van der Waals surface area contributed by atoms with E-state index < -0.39 is 5.41 Å². The number of hydrogen-bond donors (Lipinski definition) is 3. The van der Waals surface area contributed by atoms with Crippen molar-refractivity contribution in [2.75, 3.05) is 13.1 Å². The predicted molar refractivity (Wildman–Crippen MR) is 136 cm³/mol. The number of fused-ring (bicyclic) bond motifs is 1. The van der Waals surface area contributed by atoms with E-state index in [1.165, 1.54) is 10.9 Å². The summed E-state index contributed by atoms with van der Waals surface area (Å²) >= 11 is 0. The lowest BCUT2D eigenvalue weighted by atomic mass is 9.76. The van der Waals surface area contributed by atoms with Crippen molar-refractivity contribution in [1.82, 2.24) is 15.3 Å². The van der Waals surface area contributed by atoms with Crippen molar-refractivity contribution < 1.29 is 4.79 Å². The van der Waals surface area contributed by atoms with Gasteiger partial charge in [-0.3, -0.25) is 9.78 Å². The minimum absolute atomic E-state index is 0.136. The summed E-state index contributed by atoms with van der Waals surface area (Å²) < 4.78 is 0. The fourth-order valence-corrected chi connectivity index (χ4v) is 5.40. The van der Waals surface area contributed by atoms with Crippen LogP contribution in [0.3, 0.4) is 0 Å². The third-order valence-corrected chi connectivity index (χ3v) is 7.41. The van der Waals surface area contributed by atoms with Gasteiger partial charge in [-0.25, -0.2) is 0 Å². The summed E-state index contributed by atoms with van der Waals surface area (Å²) in [6.07, 6.45) is 7.03. The van der Waals surface area contributed by atoms with Crippen molar-refractivity contribution in [2.24, 2.45) is 11.7 Å². The lowest BCUT2D eigenvalue weighted by molar-refractivity contribution is -0.126. The Morgan fingerprint density at radius 2 is 2.03 bits per heavy atom. The number of pyridine rings is 1. The monoisotopic (exact) mass is 446 g/mol. The maximum Gasteiger partial charge on any atom is 0.230 e. The minimum atomic E-state index is -0.537. The van der Waals surface area contributed by atoms with Crippen molar-refractivity contribution in [2.45, 2.75) is 71.1 Å². The van der Waals surface area contributed by atoms with Gasteiger partial charge in [0.15, 0.2) is 0 Å². The van der Waals surface area contributed by atoms with Gasteiger partial charge in [0.1, 0.15) is 0 Å². The van der Waals surface area contributed by atoms with Crippen LogP contribution in [0.1, 0.15) is 75.6 Å². The van der Waals surface area contributed by atoms with Crippen LogP contribution < -0.4 is 11.1 Å². The standard InChI is InChI=1S/C28H38N4O/c1-18(2)25-23-16-22(8-9-24(23)32-26(25)21-11-14-30-19(3)15-21)28(4)12-6-5-7-20(10-13-29)17-31-27(28)33/h8-9,11,14-16,18,20,32H,5-7,10,12-13,17,29H2,1-4H3,(H,31,33). The lowest BCUT2D eigenvalue weighted by Gasteiger charge is -2.29. The molecule has 5 nitrogen and oxygen atoms in total. The van der Waals surface area contributed by atoms with Crippen LogP contribution in [0.25, 0.3) is 22.2 Å². The number of nitrogens with zero attached hydrogens (tertiary/aromatic N) is 1. The molecule has 0 aliphatic carbocycles. The van der Waals surface area contributed by atoms with Gasteiger partial charge in [-0.2, -0.15) is 0 Å². The number of nitrogens with two attached hydrogens (primary N) is 1. The van der Waals surface area contributed by atoms with Crippen molar-refractivity contribution >= 4 is 16.8 Å². The third kappa shape index (κ3) is 4.70. The average Bonchev–Trinajstić information content (AvgIpc) is 3.20. The van der Waals surface area contributed by atoms with Crippen LogP contribution in [0.5, 0.6) is 0 Å². The molecular formula is C28H38N4O. The van der Waals surface area contributed by atoms with E-state index in [0.717, 1.165) is 66.7 Å². The third-order valence-electron chi connectivity index (χ3n) is 7.41. The van der Waals surface area contributed by atoms with Gasteiger partial charge in [-0.05, 0) is 86.9 Å². The Morgan fingerprint density at radius 1 is 1.21 bits per heavy atom. The van der Waals surface area contributed by atoms with Gasteiger partial charge in [-0.1, -0.05) is 32.8 Å². The smallest absolute Gasteiger partial charge is 0.230 e. The molecule has 1 fully saturated rings. The molecular weight excluding hydrogens is 408 g/mol. The van der Waals surface area contributed by atoms with Crippen LogP contribution in [0.4, 0.5) is 0 Å². The van der Waals surface area contributed by atoms with E-state index in [0.29, 0.717) is 18.4 Å². The Bertz CT molecular complexity index is 1130. The minimum Gasteiger partial charge on any atom is -0.355 e. The average molecular weight is 447 g/mol. The van der Waals surface area contributed by atoms with Gasteiger partial charge in [-0.15, -0.1) is 0 Å². The highest BCUT2D eigenvalue weighted by Gasteiger charge is 2.36. The molecule has 5 heteroatoms. The van der Waals surface area contributed by atoms with Crippen molar-refractivity contribution in [3.8, 4) is 11.3 Å². The molecule has 0 saturated carbocycles. The van der Waals surface area contributed by atoms with E-state index in [2.05, 4.69) is 66.4 Å². The van der Waals surface area contributed by atoms with E-state index in [4.69, 9.17) is 5.73 Å². The molecule has 0 bridgehead atoms. The van der Waals surface area contributed by atoms with Gasteiger partial charge in [0, 0.05) is 34.9 Å². The normalized spacial score (nSPS) is 22.1. The molecule has 0 spiro atoms. The summed E-state index contributed by atoms with van der Waals surface area (Å²) in [4.78, 5) is 21.5.